The topological polar surface area (TPSA) is 83.8 Å². The first kappa shape index (κ1) is 21.7. The van der Waals surface area contributed by atoms with Crippen LogP contribution in [-0.4, -0.2) is 52.9 Å². The summed E-state index contributed by atoms with van der Waals surface area (Å²) in [6.45, 7) is 4.71. The summed E-state index contributed by atoms with van der Waals surface area (Å²) in [7, 11) is 0. The summed E-state index contributed by atoms with van der Waals surface area (Å²) in [6, 6.07) is 8.54. The smallest absolute Gasteiger partial charge is 0.317 e. The SMILES string of the molecule is O=C(O)CCCCCCNC(=O)N1CCc2c(c3ccccc3n2CC2CCOC2)C1. The number of aliphatic carboxylic acids is 1. The monoisotopic (exact) mass is 427 g/mol. The van der Waals surface area contributed by atoms with Gasteiger partial charge < -0.3 is 24.6 Å². The van der Waals surface area contributed by atoms with Gasteiger partial charge in [0.25, 0.3) is 0 Å². The average Bonchev–Trinajstić information content (AvgIpc) is 3.39. The van der Waals surface area contributed by atoms with Crippen molar-refractivity contribution in [3.05, 3.63) is 35.5 Å². The van der Waals surface area contributed by atoms with Crippen LogP contribution in [0.5, 0.6) is 0 Å². The molecule has 1 saturated heterocycles. The normalized spacial score (nSPS) is 18.3. The number of benzene rings is 1. The summed E-state index contributed by atoms with van der Waals surface area (Å²) in [5.41, 5.74) is 3.92. The lowest BCUT2D eigenvalue weighted by Gasteiger charge is -2.29. The van der Waals surface area contributed by atoms with E-state index in [0.717, 1.165) is 58.4 Å². The number of hydrogen-bond acceptors (Lipinski definition) is 3. The van der Waals surface area contributed by atoms with Gasteiger partial charge in [-0.25, -0.2) is 4.79 Å². The number of amides is 2. The number of unbranched alkanes of at least 4 members (excludes halogenated alkanes) is 3. The zero-order valence-electron chi connectivity index (χ0n) is 18.1. The molecule has 0 radical (unpaired) electrons. The molecule has 0 spiro atoms. The van der Waals surface area contributed by atoms with Gasteiger partial charge >= 0.3 is 12.0 Å². The van der Waals surface area contributed by atoms with Crippen LogP contribution in [0.25, 0.3) is 10.9 Å². The molecule has 3 heterocycles. The molecule has 2 aromatic rings. The maximum atomic E-state index is 12.7. The maximum Gasteiger partial charge on any atom is 0.317 e. The fraction of sp³-hybridized carbons (Fsp3) is 0.583. The molecule has 2 aliphatic rings. The Balaban J connectivity index is 1.35. The van der Waals surface area contributed by atoms with Crippen LogP contribution in [0.15, 0.2) is 24.3 Å². The number of aromatic nitrogens is 1. The third kappa shape index (κ3) is 5.21. The number of ether oxygens (including phenoxy) is 1. The number of hydrogen-bond donors (Lipinski definition) is 2. The highest BCUT2D eigenvalue weighted by atomic mass is 16.5. The van der Waals surface area contributed by atoms with Gasteiger partial charge in [0.15, 0.2) is 0 Å². The van der Waals surface area contributed by atoms with Crippen molar-refractivity contribution in [3.63, 3.8) is 0 Å². The second-order valence-corrected chi connectivity index (χ2v) is 8.74. The number of fused-ring (bicyclic) bond motifs is 3. The summed E-state index contributed by atoms with van der Waals surface area (Å²) in [5.74, 6) is -0.174. The summed E-state index contributed by atoms with van der Waals surface area (Å²) in [4.78, 5) is 25.2. The minimum Gasteiger partial charge on any atom is -0.481 e. The number of para-hydroxylation sites is 1. The quantitative estimate of drug-likeness (QED) is 0.597. The van der Waals surface area contributed by atoms with Gasteiger partial charge in [-0.3, -0.25) is 4.79 Å². The minimum atomic E-state index is -0.740. The van der Waals surface area contributed by atoms with E-state index in [2.05, 4.69) is 34.1 Å². The van der Waals surface area contributed by atoms with E-state index in [-0.39, 0.29) is 12.5 Å². The zero-order valence-corrected chi connectivity index (χ0v) is 18.1. The first-order valence-corrected chi connectivity index (χ1v) is 11.5. The average molecular weight is 428 g/mol. The molecule has 2 N–H and O–H groups in total. The Kier molecular flexibility index (Phi) is 7.12. The van der Waals surface area contributed by atoms with E-state index in [1.165, 1.54) is 22.2 Å². The molecule has 168 valence electrons. The van der Waals surface area contributed by atoms with Crippen LogP contribution in [0.1, 0.15) is 49.8 Å². The fourth-order valence-corrected chi connectivity index (χ4v) is 4.83. The van der Waals surface area contributed by atoms with Gasteiger partial charge in [-0.1, -0.05) is 31.0 Å². The largest absolute Gasteiger partial charge is 0.481 e. The van der Waals surface area contributed by atoms with Gasteiger partial charge in [-0.15, -0.1) is 0 Å². The number of carbonyl (C=O) groups is 2. The fourth-order valence-electron chi connectivity index (χ4n) is 4.83. The molecule has 2 amide bonds. The number of rotatable bonds is 9. The van der Waals surface area contributed by atoms with Crippen molar-refractivity contribution >= 4 is 22.9 Å². The third-order valence-electron chi connectivity index (χ3n) is 6.51. The van der Waals surface area contributed by atoms with Crippen LogP contribution in [0.3, 0.4) is 0 Å². The van der Waals surface area contributed by atoms with Crippen molar-refractivity contribution in [3.8, 4) is 0 Å². The molecular weight excluding hydrogens is 394 g/mol. The summed E-state index contributed by atoms with van der Waals surface area (Å²) in [6.07, 6.45) is 5.63. The molecule has 1 aromatic heterocycles. The first-order chi connectivity index (χ1) is 15.1. The second kappa shape index (κ2) is 10.2. The molecule has 0 bridgehead atoms. The van der Waals surface area contributed by atoms with Crippen molar-refractivity contribution in [2.45, 2.75) is 58.0 Å². The van der Waals surface area contributed by atoms with E-state index in [1.54, 1.807) is 0 Å². The number of nitrogens with one attached hydrogen (secondary N) is 1. The van der Waals surface area contributed by atoms with E-state index in [0.29, 0.717) is 25.4 Å². The first-order valence-electron chi connectivity index (χ1n) is 11.5. The lowest BCUT2D eigenvalue weighted by atomic mass is 10.0. The van der Waals surface area contributed by atoms with Crippen LogP contribution in [-0.2, 0) is 29.0 Å². The maximum absolute atomic E-state index is 12.7. The number of urea groups is 1. The van der Waals surface area contributed by atoms with Gasteiger partial charge in [0, 0.05) is 73.7 Å². The Hall–Kier alpha value is -2.54. The Morgan fingerprint density at radius 3 is 2.81 bits per heavy atom. The van der Waals surface area contributed by atoms with Gasteiger partial charge in [0.1, 0.15) is 0 Å². The highest BCUT2D eigenvalue weighted by molar-refractivity contribution is 5.86. The number of nitrogens with zero attached hydrogens (tertiary/aromatic N) is 2. The Bertz CT molecular complexity index is 917. The summed E-state index contributed by atoms with van der Waals surface area (Å²) < 4.78 is 8.06. The van der Waals surface area contributed by atoms with Crippen LogP contribution >= 0.6 is 0 Å². The lowest BCUT2D eigenvalue weighted by molar-refractivity contribution is -0.137. The molecule has 7 heteroatoms. The van der Waals surface area contributed by atoms with E-state index in [1.807, 2.05) is 4.90 Å². The molecule has 31 heavy (non-hydrogen) atoms. The summed E-state index contributed by atoms with van der Waals surface area (Å²) in [5, 5.41) is 13.0. The van der Waals surface area contributed by atoms with Crippen molar-refractivity contribution in [1.29, 1.82) is 0 Å². The van der Waals surface area contributed by atoms with E-state index < -0.39 is 5.97 Å². The summed E-state index contributed by atoms with van der Waals surface area (Å²) >= 11 is 0. The van der Waals surface area contributed by atoms with Crippen LogP contribution in [0, 0.1) is 5.92 Å². The minimum absolute atomic E-state index is 0.00258. The highest BCUT2D eigenvalue weighted by Gasteiger charge is 2.28. The number of carboxylic acids is 1. The van der Waals surface area contributed by atoms with Gasteiger partial charge in [-0.05, 0) is 25.3 Å². The molecule has 1 atom stereocenters. The van der Waals surface area contributed by atoms with Gasteiger partial charge in [-0.2, -0.15) is 0 Å². The molecule has 2 aliphatic heterocycles. The molecule has 0 saturated carbocycles. The van der Waals surface area contributed by atoms with Crippen molar-refractivity contribution in [2.75, 3.05) is 26.3 Å². The molecule has 0 aliphatic carbocycles. The van der Waals surface area contributed by atoms with Gasteiger partial charge in [0.2, 0.25) is 0 Å². The Labute approximate surface area is 183 Å². The van der Waals surface area contributed by atoms with Crippen molar-refractivity contribution in [2.24, 2.45) is 5.92 Å². The van der Waals surface area contributed by atoms with Crippen molar-refractivity contribution < 1.29 is 19.4 Å². The predicted octanol–water partition coefficient (Wildman–Crippen LogP) is 3.78. The van der Waals surface area contributed by atoms with E-state index in [4.69, 9.17) is 9.84 Å². The Morgan fingerprint density at radius 2 is 2.00 bits per heavy atom. The third-order valence-corrected chi connectivity index (χ3v) is 6.51. The number of carbonyl (C=O) groups excluding carboxylic acids is 1. The molecular formula is C24H33N3O4. The van der Waals surface area contributed by atoms with Crippen LogP contribution in [0.2, 0.25) is 0 Å². The van der Waals surface area contributed by atoms with E-state index in [9.17, 15) is 9.59 Å². The molecule has 1 unspecified atom stereocenters. The predicted molar refractivity (Wildman–Crippen MR) is 119 cm³/mol. The van der Waals surface area contributed by atoms with Crippen molar-refractivity contribution in [1.82, 2.24) is 14.8 Å². The molecule has 4 rings (SSSR count). The van der Waals surface area contributed by atoms with Gasteiger partial charge in [0.05, 0.1) is 6.61 Å². The highest BCUT2D eigenvalue weighted by Crippen LogP contribution is 2.32. The standard InChI is InChI=1S/C24H33N3O4/c28-23(29)9-3-1-2-6-12-25-24(30)26-13-10-22-20(16-26)19-7-4-5-8-21(19)27(22)15-18-11-14-31-17-18/h4-5,7-8,18H,1-3,6,9-17H2,(H,25,30)(H,28,29). The molecule has 1 fully saturated rings. The lowest BCUT2D eigenvalue weighted by Crippen LogP contribution is -2.43. The number of carboxylic acid groups (broad SMARTS) is 1. The molecule has 7 nitrogen and oxygen atoms in total. The van der Waals surface area contributed by atoms with Crippen LogP contribution in [0.4, 0.5) is 4.79 Å². The Morgan fingerprint density at radius 1 is 1.16 bits per heavy atom. The van der Waals surface area contributed by atoms with E-state index >= 15 is 0 Å². The second-order valence-electron chi connectivity index (χ2n) is 8.74. The molecule has 1 aromatic carbocycles. The zero-order chi connectivity index (χ0) is 21.6. The van der Waals surface area contributed by atoms with Crippen LogP contribution < -0.4 is 5.32 Å².